The fourth-order valence-electron chi connectivity index (χ4n) is 8.76. The molecule has 12 aromatic rings. The van der Waals surface area contributed by atoms with Crippen LogP contribution >= 0.6 is 0 Å². The number of ether oxygens (including phenoxy) is 2. The van der Waals surface area contributed by atoms with Crippen molar-refractivity contribution in [2.75, 3.05) is 0 Å². The molecule has 62 heavy (non-hydrogen) atoms. The van der Waals surface area contributed by atoms with Gasteiger partial charge in [-0.05, 0) is 96.4 Å². The zero-order valence-corrected chi connectivity index (χ0v) is 33.3. The van der Waals surface area contributed by atoms with E-state index in [0.717, 1.165) is 77.1 Å². The van der Waals surface area contributed by atoms with Gasteiger partial charge in [-0.3, -0.25) is 13.7 Å². The lowest BCUT2D eigenvalue weighted by molar-refractivity contribution is 0.484. The Morgan fingerprint density at radius 2 is 0.806 bits per heavy atom. The molecule has 1 atom stereocenters. The Hall–Kier alpha value is -8.30. The molecule has 0 aliphatic heterocycles. The maximum absolute atomic E-state index is 8.01. The minimum absolute atomic E-state index is 0.378. The van der Waals surface area contributed by atoms with Crippen molar-refractivity contribution in [3.8, 4) is 40.6 Å². The topological polar surface area (TPSA) is 84.8 Å². The third-order valence-corrected chi connectivity index (χ3v) is 11.6. The highest BCUT2D eigenvalue weighted by Gasteiger charge is 2.19. The van der Waals surface area contributed by atoms with Crippen molar-refractivity contribution in [2.45, 2.75) is 19.7 Å². The fourth-order valence-corrected chi connectivity index (χ4v) is 8.76. The van der Waals surface area contributed by atoms with Gasteiger partial charge in [0.2, 0.25) is 5.95 Å². The van der Waals surface area contributed by atoms with E-state index < -0.39 is 12.8 Å². The molecule has 6 aromatic heterocycles. The molecular formula is C53H37N7O2. The molecule has 0 bridgehead atoms. The van der Waals surface area contributed by atoms with E-state index in [-0.39, 0.29) is 0 Å². The molecule has 6 heterocycles. The Morgan fingerprint density at radius 1 is 0.419 bits per heavy atom. The Balaban J connectivity index is 0.972. The minimum Gasteiger partial charge on any atom is -0.457 e. The Labute approximate surface area is 359 Å². The average Bonchev–Trinajstić information content (AvgIpc) is 3.96. The first-order valence-corrected chi connectivity index (χ1v) is 20.4. The normalized spacial score (nSPS) is 13.2. The molecule has 0 spiro atoms. The van der Waals surface area contributed by atoms with E-state index in [1.807, 2.05) is 114 Å². The maximum Gasteiger partial charge on any atom is 0.234 e. The molecule has 6 aromatic carbocycles. The van der Waals surface area contributed by atoms with Crippen LogP contribution in [0.15, 0.2) is 183 Å². The van der Waals surface area contributed by atoms with E-state index in [4.69, 9.17) is 23.6 Å². The number of aromatic nitrogens is 7. The molecule has 9 heteroatoms. The number of fused-ring (bicyclic) bond motifs is 9. The van der Waals surface area contributed by atoms with Crippen LogP contribution in [0.5, 0.6) is 23.0 Å². The molecule has 12 rings (SSSR count). The smallest absolute Gasteiger partial charge is 0.234 e. The van der Waals surface area contributed by atoms with Gasteiger partial charge in [-0.2, -0.15) is 0 Å². The summed E-state index contributed by atoms with van der Waals surface area (Å²) in [5, 5.41) is 6.35. The molecule has 0 radical (unpaired) electrons. The summed E-state index contributed by atoms with van der Waals surface area (Å²) in [4.78, 5) is 18.9. The molecule has 9 nitrogen and oxygen atoms in total. The molecule has 296 valence electrons. The van der Waals surface area contributed by atoms with Gasteiger partial charge in [0.15, 0.2) is 0 Å². The molecule has 0 saturated carbocycles. The van der Waals surface area contributed by atoms with Gasteiger partial charge < -0.3 is 9.47 Å². The van der Waals surface area contributed by atoms with Crippen molar-refractivity contribution in [2.24, 2.45) is 0 Å². The molecule has 0 aliphatic rings. The van der Waals surface area contributed by atoms with Gasteiger partial charge in [0.25, 0.3) is 0 Å². The summed E-state index contributed by atoms with van der Waals surface area (Å²) < 4.78 is 43.7. The van der Waals surface area contributed by atoms with Gasteiger partial charge in [0.1, 0.15) is 34.6 Å². The van der Waals surface area contributed by atoms with E-state index in [9.17, 15) is 0 Å². The standard InChI is InChI=1S/C53H37N7O2/c1-33(2)34-31-56-53(57-32-34)60-49-29-37(61-35-17-21-41-39-11-3-5-13-45(39)58(47(41)27-35)51-15-7-9-25-54-51)19-23-43(49)44-24-20-38(30-50(44)60)62-36-18-22-42-40-12-4-6-14-46(40)59(48(42)28-36)52-16-8-10-26-55-52/h3-33H,1-2H3/i1D3. The van der Waals surface area contributed by atoms with E-state index in [1.54, 1.807) is 31.7 Å². The van der Waals surface area contributed by atoms with Crippen LogP contribution in [-0.2, 0) is 0 Å². The summed E-state index contributed by atoms with van der Waals surface area (Å²) in [6, 6.07) is 52.7. The maximum atomic E-state index is 8.01. The highest BCUT2D eigenvalue weighted by atomic mass is 16.5. The van der Waals surface area contributed by atoms with Crippen LogP contribution in [0.1, 0.15) is 29.4 Å². The summed E-state index contributed by atoms with van der Waals surface area (Å²) in [5.41, 5.74) is 6.19. The zero-order valence-electron chi connectivity index (χ0n) is 36.3. The molecule has 0 saturated heterocycles. The quantitative estimate of drug-likeness (QED) is 0.152. The van der Waals surface area contributed by atoms with Crippen molar-refractivity contribution in [3.63, 3.8) is 0 Å². The summed E-state index contributed by atoms with van der Waals surface area (Å²) >= 11 is 0. The van der Waals surface area contributed by atoms with Crippen molar-refractivity contribution in [1.82, 2.24) is 33.6 Å². The zero-order chi connectivity index (χ0) is 43.8. The van der Waals surface area contributed by atoms with Gasteiger partial charge in [0.05, 0.1) is 33.1 Å². The van der Waals surface area contributed by atoms with Crippen molar-refractivity contribution >= 4 is 65.4 Å². The lowest BCUT2D eigenvalue weighted by atomic mass is 10.1. The fraction of sp³-hybridized carbons (Fsp3) is 0.0566. The van der Waals surface area contributed by atoms with Crippen LogP contribution in [0.2, 0.25) is 0 Å². The molecule has 1 unspecified atom stereocenters. The Bertz CT molecular complexity index is 3570. The van der Waals surface area contributed by atoms with E-state index in [0.29, 0.717) is 34.5 Å². The highest BCUT2D eigenvalue weighted by Crippen LogP contribution is 2.40. The van der Waals surface area contributed by atoms with Gasteiger partial charge in [0, 0.05) is 85.5 Å². The highest BCUT2D eigenvalue weighted by molar-refractivity contribution is 6.11. The van der Waals surface area contributed by atoms with Crippen molar-refractivity contribution in [1.29, 1.82) is 0 Å². The number of benzene rings is 6. The number of hydrogen-bond donors (Lipinski definition) is 0. The van der Waals surface area contributed by atoms with Crippen LogP contribution in [0.3, 0.4) is 0 Å². The largest absolute Gasteiger partial charge is 0.457 e. The predicted molar refractivity (Wildman–Crippen MR) is 248 cm³/mol. The lowest BCUT2D eigenvalue weighted by Crippen LogP contribution is -2.02. The van der Waals surface area contributed by atoms with Crippen LogP contribution in [0, 0.1) is 0 Å². The van der Waals surface area contributed by atoms with Crippen LogP contribution < -0.4 is 9.47 Å². The number of rotatable bonds is 8. The second-order valence-electron chi connectivity index (χ2n) is 15.4. The summed E-state index contributed by atoms with van der Waals surface area (Å²) in [6.07, 6.45) is 6.80. The summed E-state index contributed by atoms with van der Waals surface area (Å²) in [5.74, 6) is 3.82. The van der Waals surface area contributed by atoms with Gasteiger partial charge >= 0.3 is 0 Å². The average molecular weight is 807 g/mol. The first kappa shape index (κ1) is 32.5. The van der Waals surface area contributed by atoms with E-state index in [1.165, 1.54) is 0 Å². The monoisotopic (exact) mass is 806 g/mol. The molecule has 0 amide bonds. The number of pyridine rings is 2. The lowest BCUT2D eigenvalue weighted by Gasteiger charge is -2.11. The summed E-state index contributed by atoms with van der Waals surface area (Å²) in [7, 11) is 0. The summed E-state index contributed by atoms with van der Waals surface area (Å²) in [6.45, 7) is -0.528. The number of hydrogen-bond acceptors (Lipinski definition) is 6. The SMILES string of the molecule is [2H]C([2H])([2H])C(C)c1cnc(-n2c3cc(Oc4ccc5c6ccccc6n(-c6ccccn6)c5c4)ccc3c3ccc(Oc4ccc5c6ccccc6n(-c6ccccn6)c5c4)cc32)nc1. The second kappa shape index (κ2) is 14.2. The van der Waals surface area contributed by atoms with Crippen LogP contribution in [-0.4, -0.2) is 33.6 Å². The minimum atomic E-state index is -2.19. The molecule has 0 fully saturated rings. The Kier molecular flexibility index (Phi) is 7.44. The first-order valence-electron chi connectivity index (χ1n) is 21.9. The van der Waals surface area contributed by atoms with E-state index >= 15 is 0 Å². The third-order valence-electron chi connectivity index (χ3n) is 11.6. The van der Waals surface area contributed by atoms with Crippen LogP contribution in [0.25, 0.3) is 83.0 Å². The number of para-hydroxylation sites is 2. The molecular weight excluding hydrogens is 767 g/mol. The van der Waals surface area contributed by atoms with Gasteiger partial charge in [-0.25, -0.2) is 19.9 Å². The van der Waals surface area contributed by atoms with Crippen molar-refractivity contribution < 1.29 is 13.6 Å². The molecule has 0 aliphatic carbocycles. The Morgan fingerprint density at radius 3 is 1.21 bits per heavy atom. The number of nitrogens with zero attached hydrogens (tertiary/aromatic N) is 7. The third kappa shape index (κ3) is 5.77. The van der Waals surface area contributed by atoms with E-state index in [2.05, 4.69) is 67.6 Å². The van der Waals surface area contributed by atoms with Crippen LogP contribution in [0.4, 0.5) is 0 Å². The predicted octanol–water partition coefficient (Wildman–Crippen LogP) is 13.3. The molecule has 0 N–H and O–H groups in total. The first-order chi connectivity index (χ1) is 31.8. The second-order valence-corrected chi connectivity index (χ2v) is 15.4. The van der Waals surface area contributed by atoms with Gasteiger partial charge in [-0.15, -0.1) is 0 Å². The van der Waals surface area contributed by atoms with Crippen molar-refractivity contribution in [3.05, 3.63) is 188 Å². The van der Waals surface area contributed by atoms with Gasteiger partial charge in [-0.1, -0.05) is 62.3 Å².